The second-order valence-corrected chi connectivity index (χ2v) is 9.24. The van der Waals surface area contributed by atoms with Gasteiger partial charge in [0.15, 0.2) is 0 Å². The molecule has 29 heavy (non-hydrogen) atoms. The van der Waals surface area contributed by atoms with E-state index in [1.54, 1.807) is 31.4 Å². The van der Waals surface area contributed by atoms with Gasteiger partial charge in [-0.2, -0.15) is 0 Å². The van der Waals surface area contributed by atoms with E-state index in [9.17, 15) is 8.42 Å². The predicted molar refractivity (Wildman–Crippen MR) is 112 cm³/mol. The fourth-order valence-electron chi connectivity index (χ4n) is 3.82. The first-order valence-electron chi connectivity index (χ1n) is 9.83. The summed E-state index contributed by atoms with van der Waals surface area (Å²) in [7, 11) is -1.96. The van der Waals surface area contributed by atoms with Crippen LogP contribution in [0.15, 0.2) is 53.4 Å². The molecule has 7 nitrogen and oxygen atoms in total. The lowest BCUT2D eigenvalue weighted by molar-refractivity contribution is 0.166. The number of hydrogen-bond donors (Lipinski definition) is 2. The number of fused-ring (bicyclic) bond motifs is 1. The standard InChI is InChI=1S/C21H26N4O3S/c1-28-17-8-10-18(11-9-17)29(26,27)22-13-16-5-4-12-25(14-16)15-21-23-19-6-2-3-7-20(19)24-21/h2-3,6-11,16,22H,4-5,12-15H2,1H3,(H,23,24). The maximum Gasteiger partial charge on any atom is 0.240 e. The van der Waals surface area contributed by atoms with Crippen molar-refractivity contribution in [2.45, 2.75) is 24.3 Å². The van der Waals surface area contributed by atoms with Crippen LogP contribution < -0.4 is 9.46 Å². The normalized spacial score (nSPS) is 18.2. The molecule has 2 N–H and O–H groups in total. The third kappa shape index (κ3) is 4.77. The number of sulfonamides is 1. The third-order valence-electron chi connectivity index (χ3n) is 5.35. The maximum absolute atomic E-state index is 12.6. The quantitative estimate of drug-likeness (QED) is 0.621. The van der Waals surface area contributed by atoms with Crippen molar-refractivity contribution in [2.75, 3.05) is 26.7 Å². The van der Waals surface area contributed by atoms with Crippen molar-refractivity contribution in [1.82, 2.24) is 19.6 Å². The van der Waals surface area contributed by atoms with Crippen LogP contribution in [0, 0.1) is 5.92 Å². The van der Waals surface area contributed by atoms with E-state index in [1.807, 2.05) is 24.3 Å². The highest BCUT2D eigenvalue weighted by molar-refractivity contribution is 7.89. The summed E-state index contributed by atoms with van der Waals surface area (Å²) in [5.74, 6) is 1.87. The molecule has 1 aliphatic heterocycles. The number of nitrogens with one attached hydrogen (secondary N) is 2. The van der Waals surface area contributed by atoms with E-state index < -0.39 is 10.0 Å². The van der Waals surface area contributed by atoms with Gasteiger partial charge in [-0.15, -0.1) is 0 Å². The molecule has 1 unspecified atom stereocenters. The number of nitrogens with zero attached hydrogens (tertiary/aromatic N) is 2. The molecule has 0 amide bonds. The molecule has 1 fully saturated rings. The zero-order valence-corrected chi connectivity index (χ0v) is 17.3. The number of rotatable bonds is 7. The molecule has 0 saturated carbocycles. The van der Waals surface area contributed by atoms with Gasteiger partial charge in [-0.05, 0) is 61.7 Å². The molecule has 0 radical (unpaired) electrons. The molecule has 3 aromatic rings. The molecule has 1 aliphatic rings. The average Bonchev–Trinajstić information content (AvgIpc) is 3.15. The van der Waals surface area contributed by atoms with E-state index in [4.69, 9.17) is 4.74 Å². The summed E-state index contributed by atoms with van der Waals surface area (Å²) in [6, 6.07) is 14.5. The SMILES string of the molecule is COc1ccc(S(=O)(=O)NCC2CCCN(Cc3nc4ccccc4[nH]3)C2)cc1. The first kappa shape index (κ1) is 19.9. The lowest BCUT2D eigenvalue weighted by atomic mass is 9.98. The van der Waals surface area contributed by atoms with Crippen molar-refractivity contribution >= 4 is 21.1 Å². The summed E-state index contributed by atoms with van der Waals surface area (Å²) in [4.78, 5) is 10.6. The molecule has 4 rings (SSSR count). The molecule has 154 valence electrons. The van der Waals surface area contributed by atoms with E-state index in [2.05, 4.69) is 19.6 Å². The summed E-state index contributed by atoms with van der Waals surface area (Å²) in [6.45, 7) is 3.03. The van der Waals surface area contributed by atoms with Gasteiger partial charge in [0, 0.05) is 13.1 Å². The number of hydrogen-bond acceptors (Lipinski definition) is 5. The number of ether oxygens (including phenoxy) is 1. The Hall–Kier alpha value is -2.42. The molecule has 8 heteroatoms. The van der Waals surface area contributed by atoms with Crippen molar-refractivity contribution in [2.24, 2.45) is 5.92 Å². The van der Waals surface area contributed by atoms with E-state index in [-0.39, 0.29) is 10.8 Å². The highest BCUT2D eigenvalue weighted by Gasteiger charge is 2.23. The van der Waals surface area contributed by atoms with Gasteiger partial charge in [-0.1, -0.05) is 12.1 Å². The van der Waals surface area contributed by atoms with Crippen LogP contribution in [0.4, 0.5) is 0 Å². The van der Waals surface area contributed by atoms with Gasteiger partial charge in [0.1, 0.15) is 11.6 Å². The monoisotopic (exact) mass is 414 g/mol. The van der Waals surface area contributed by atoms with E-state index in [0.29, 0.717) is 12.3 Å². The van der Waals surface area contributed by atoms with Crippen molar-refractivity contribution in [3.63, 3.8) is 0 Å². The van der Waals surface area contributed by atoms with E-state index >= 15 is 0 Å². The minimum Gasteiger partial charge on any atom is -0.497 e. The third-order valence-corrected chi connectivity index (χ3v) is 6.79. The molecule has 0 spiro atoms. The maximum atomic E-state index is 12.6. The van der Waals surface area contributed by atoms with E-state index in [0.717, 1.165) is 49.3 Å². The molecule has 0 aliphatic carbocycles. The minimum absolute atomic E-state index is 0.258. The Balaban J connectivity index is 1.34. The van der Waals surface area contributed by atoms with Crippen molar-refractivity contribution in [3.8, 4) is 5.75 Å². The summed E-state index contributed by atoms with van der Waals surface area (Å²) in [6.07, 6.45) is 2.07. The van der Waals surface area contributed by atoms with Crippen LogP contribution >= 0.6 is 0 Å². The lowest BCUT2D eigenvalue weighted by Crippen LogP contribution is -2.40. The number of H-pyrrole nitrogens is 1. The smallest absolute Gasteiger partial charge is 0.240 e. The van der Waals surface area contributed by atoms with Gasteiger partial charge in [-0.25, -0.2) is 18.1 Å². The molecule has 2 aromatic carbocycles. The first-order valence-corrected chi connectivity index (χ1v) is 11.3. The fraction of sp³-hybridized carbons (Fsp3) is 0.381. The first-order chi connectivity index (χ1) is 14.0. The van der Waals surface area contributed by atoms with Gasteiger partial charge in [0.2, 0.25) is 10.0 Å². The zero-order chi connectivity index (χ0) is 20.3. The lowest BCUT2D eigenvalue weighted by Gasteiger charge is -2.32. The Morgan fingerprint density at radius 2 is 2.00 bits per heavy atom. The van der Waals surface area contributed by atoms with Gasteiger partial charge in [0.25, 0.3) is 0 Å². The number of para-hydroxylation sites is 2. The van der Waals surface area contributed by atoms with E-state index in [1.165, 1.54) is 0 Å². The van der Waals surface area contributed by atoms with Crippen LogP contribution in [-0.4, -0.2) is 50.0 Å². The molecule has 2 heterocycles. The van der Waals surface area contributed by atoms with Gasteiger partial charge in [0.05, 0.1) is 29.6 Å². The molecule has 0 bridgehead atoms. The number of benzene rings is 2. The van der Waals surface area contributed by atoms with Crippen LogP contribution in [0.25, 0.3) is 11.0 Å². The van der Waals surface area contributed by atoms with Gasteiger partial charge < -0.3 is 9.72 Å². The van der Waals surface area contributed by atoms with Crippen LogP contribution in [-0.2, 0) is 16.6 Å². The Morgan fingerprint density at radius 3 is 2.76 bits per heavy atom. The molecular weight excluding hydrogens is 388 g/mol. The number of likely N-dealkylation sites (tertiary alicyclic amines) is 1. The van der Waals surface area contributed by atoms with Crippen molar-refractivity contribution < 1.29 is 13.2 Å². The topological polar surface area (TPSA) is 87.3 Å². The highest BCUT2D eigenvalue weighted by atomic mass is 32.2. The second-order valence-electron chi connectivity index (χ2n) is 7.47. The molecule has 1 aromatic heterocycles. The van der Waals surface area contributed by atoms with Gasteiger partial charge >= 0.3 is 0 Å². The summed E-state index contributed by atoms with van der Waals surface area (Å²) < 4.78 is 33.0. The number of aromatic amines is 1. The average molecular weight is 415 g/mol. The van der Waals surface area contributed by atoms with Crippen molar-refractivity contribution in [1.29, 1.82) is 0 Å². The minimum atomic E-state index is -3.52. The summed E-state index contributed by atoms with van der Waals surface area (Å²) in [5, 5.41) is 0. The number of imidazole rings is 1. The fourth-order valence-corrected chi connectivity index (χ4v) is 4.94. The number of methoxy groups -OCH3 is 1. The molecule has 1 atom stereocenters. The molecular formula is C21H26N4O3S. The highest BCUT2D eigenvalue weighted by Crippen LogP contribution is 2.20. The van der Waals surface area contributed by atoms with Crippen LogP contribution in [0.2, 0.25) is 0 Å². The second kappa shape index (κ2) is 8.52. The van der Waals surface area contributed by atoms with Crippen LogP contribution in [0.3, 0.4) is 0 Å². The Bertz CT molecular complexity index is 1030. The predicted octanol–water partition coefficient (Wildman–Crippen LogP) is 2.76. The zero-order valence-electron chi connectivity index (χ0n) is 16.5. The van der Waals surface area contributed by atoms with Crippen LogP contribution in [0.5, 0.6) is 5.75 Å². The number of piperidine rings is 1. The van der Waals surface area contributed by atoms with Crippen molar-refractivity contribution in [3.05, 3.63) is 54.4 Å². The summed E-state index contributed by atoms with van der Waals surface area (Å²) in [5.41, 5.74) is 2.02. The summed E-state index contributed by atoms with van der Waals surface area (Å²) >= 11 is 0. The van der Waals surface area contributed by atoms with Crippen LogP contribution in [0.1, 0.15) is 18.7 Å². The largest absolute Gasteiger partial charge is 0.497 e. The van der Waals surface area contributed by atoms with Gasteiger partial charge in [-0.3, -0.25) is 4.90 Å². The Morgan fingerprint density at radius 1 is 1.21 bits per heavy atom. The Labute approximate surface area is 171 Å². The molecule has 1 saturated heterocycles. The number of aromatic nitrogens is 2. The Kier molecular flexibility index (Phi) is 5.84.